The molecule has 118 valence electrons. The molecule has 1 saturated carbocycles. The molecule has 0 saturated heterocycles. The molecular weight excluding hydrogens is 276 g/mol. The molecule has 0 bridgehead atoms. The summed E-state index contributed by atoms with van der Waals surface area (Å²) in [5.74, 6) is -1.02. The quantitative estimate of drug-likeness (QED) is 0.775. The van der Waals surface area contributed by atoms with E-state index in [0.29, 0.717) is 19.5 Å². The molecule has 0 spiro atoms. The molecule has 4 nitrogen and oxygen atoms in total. The van der Waals surface area contributed by atoms with Gasteiger partial charge < -0.3 is 15.3 Å². The van der Waals surface area contributed by atoms with Crippen LogP contribution < -0.4 is 10.2 Å². The number of halogens is 2. The van der Waals surface area contributed by atoms with Crippen LogP contribution in [0.3, 0.4) is 0 Å². The molecule has 6 heteroatoms. The number of nitrogens with one attached hydrogen (secondary N) is 1. The zero-order valence-electron chi connectivity index (χ0n) is 12.4. The predicted octanol–water partition coefficient (Wildman–Crippen LogP) is 2.92. The minimum Gasteiger partial charge on any atom is -0.396 e. The van der Waals surface area contributed by atoms with E-state index in [4.69, 9.17) is 5.11 Å². The van der Waals surface area contributed by atoms with E-state index in [-0.39, 0.29) is 24.3 Å². The second kappa shape index (κ2) is 7.54. The van der Waals surface area contributed by atoms with E-state index in [1.165, 1.54) is 0 Å². The number of aromatic nitrogens is 1. The molecule has 0 atom stereocenters. The molecule has 1 aliphatic rings. The monoisotopic (exact) mass is 299 g/mol. The van der Waals surface area contributed by atoms with Crippen LogP contribution in [-0.4, -0.2) is 35.8 Å². The van der Waals surface area contributed by atoms with Gasteiger partial charge in [-0.25, -0.2) is 13.8 Å². The van der Waals surface area contributed by atoms with Gasteiger partial charge in [-0.15, -0.1) is 0 Å². The van der Waals surface area contributed by atoms with Gasteiger partial charge in [0, 0.05) is 31.8 Å². The van der Waals surface area contributed by atoms with E-state index in [1.807, 2.05) is 11.8 Å². The van der Waals surface area contributed by atoms with Crippen molar-refractivity contribution in [2.24, 2.45) is 0 Å². The fourth-order valence-electron chi connectivity index (χ4n) is 2.43. The predicted molar refractivity (Wildman–Crippen MR) is 79.6 cm³/mol. The van der Waals surface area contributed by atoms with Crippen molar-refractivity contribution in [2.75, 3.05) is 29.9 Å². The van der Waals surface area contributed by atoms with Gasteiger partial charge in [0.15, 0.2) is 23.3 Å². The van der Waals surface area contributed by atoms with Crippen molar-refractivity contribution in [1.82, 2.24) is 4.98 Å². The summed E-state index contributed by atoms with van der Waals surface area (Å²) in [6.07, 6.45) is 4.48. The number of aliphatic hydroxyl groups is 1. The largest absolute Gasteiger partial charge is 0.396 e. The fourth-order valence-corrected chi connectivity index (χ4v) is 2.43. The van der Waals surface area contributed by atoms with Crippen molar-refractivity contribution in [1.29, 1.82) is 0 Å². The zero-order valence-corrected chi connectivity index (χ0v) is 12.4. The number of aliphatic hydroxyl groups excluding tert-OH is 1. The van der Waals surface area contributed by atoms with Crippen LogP contribution in [0.2, 0.25) is 0 Å². The normalized spacial score (nSPS) is 14.9. The van der Waals surface area contributed by atoms with Gasteiger partial charge >= 0.3 is 0 Å². The molecule has 0 amide bonds. The molecular formula is C15H23F2N3O. The molecule has 0 aliphatic heterocycles. The summed E-state index contributed by atoms with van der Waals surface area (Å²) in [7, 11) is 0. The summed E-state index contributed by atoms with van der Waals surface area (Å²) in [6.45, 7) is 3.14. The van der Waals surface area contributed by atoms with Gasteiger partial charge in [0.25, 0.3) is 0 Å². The van der Waals surface area contributed by atoms with Crippen molar-refractivity contribution < 1.29 is 13.9 Å². The van der Waals surface area contributed by atoms with Crippen LogP contribution in [0.4, 0.5) is 20.4 Å². The van der Waals surface area contributed by atoms with Crippen LogP contribution in [0.25, 0.3) is 0 Å². The van der Waals surface area contributed by atoms with Gasteiger partial charge in [0.2, 0.25) is 0 Å². The summed E-state index contributed by atoms with van der Waals surface area (Å²) >= 11 is 0. The van der Waals surface area contributed by atoms with Gasteiger partial charge in [0.05, 0.1) is 0 Å². The van der Waals surface area contributed by atoms with E-state index in [9.17, 15) is 8.78 Å². The van der Waals surface area contributed by atoms with Gasteiger partial charge in [-0.2, -0.15) is 0 Å². The Bertz CT molecular complexity index is 466. The van der Waals surface area contributed by atoms with Crippen LogP contribution in [-0.2, 0) is 0 Å². The Morgan fingerprint density at radius 2 is 2.14 bits per heavy atom. The van der Waals surface area contributed by atoms with Crippen molar-refractivity contribution >= 4 is 11.6 Å². The maximum absolute atomic E-state index is 14.1. The summed E-state index contributed by atoms with van der Waals surface area (Å²) in [5.41, 5.74) is 0. The third kappa shape index (κ3) is 3.81. The molecule has 1 aromatic rings. The van der Waals surface area contributed by atoms with Crippen molar-refractivity contribution in [3.8, 4) is 0 Å². The van der Waals surface area contributed by atoms with Crippen LogP contribution in [0.1, 0.15) is 39.0 Å². The highest BCUT2D eigenvalue weighted by Crippen LogP contribution is 2.31. The fraction of sp³-hybridized carbons (Fsp3) is 0.667. The van der Waals surface area contributed by atoms with E-state index >= 15 is 0 Å². The maximum atomic E-state index is 14.1. The van der Waals surface area contributed by atoms with E-state index < -0.39 is 11.6 Å². The Morgan fingerprint density at radius 3 is 2.71 bits per heavy atom. The molecule has 1 fully saturated rings. The van der Waals surface area contributed by atoms with Gasteiger partial charge in [-0.05, 0) is 32.1 Å². The molecule has 2 N–H and O–H groups in total. The van der Waals surface area contributed by atoms with Crippen LogP contribution in [0, 0.1) is 11.6 Å². The van der Waals surface area contributed by atoms with E-state index in [0.717, 1.165) is 31.7 Å². The van der Waals surface area contributed by atoms with Crippen LogP contribution in [0.15, 0.2) is 6.07 Å². The third-order valence-corrected chi connectivity index (χ3v) is 3.80. The van der Waals surface area contributed by atoms with E-state index in [2.05, 4.69) is 10.3 Å². The SMILES string of the molecule is CCCNc1nc(N(CCCO)C2CCC2)c(F)cc1F. The van der Waals surface area contributed by atoms with Gasteiger partial charge in [-0.1, -0.05) is 6.92 Å². The molecule has 0 unspecified atom stereocenters. The number of anilines is 2. The highest BCUT2D eigenvalue weighted by molar-refractivity contribution is 5.50. The molecule has 0 radical (unpaired) electrons. The van der Waals surface area contributed by atoms with Gasteiger partial charge in [0.1, 0.15) is 0 Å². The smallest absolute Gasteiger partial charge is 0.168 e. The van der Waals surface area contributed by atoms with E-state index in [1.54, 1.807) is 0 Å². The molecule has 0 aromatic carbocycles. The molecule has 1 aliphatic carbocycles. The van der Waals surface area contributed by atoms with Crippen LogP contribution in [0.5, 0.6) is 0 Å². The number of pyridine rings is 1. The Morgan fingerprint density at radius 1 is 1.38 bits per heavy atom. The lowest BCUT2D eigenvalue weighted by Gasteiger charge is -2.38. The first-order chi connectivity index (χ1) is 10.2. The lowest BCUT2D eigenvalue weighted by molar-refractivity contribution is 0.282. The summed E-state index contributed by atoms with van der Waals surface area (Å²) in [4.78, 5) is 6.02. The zero-order chi connectivity index (χ0) is 15.2. The maximum Gasteiger partial charge on any atom is 0.168 e. The van der Waals surface area contributed by atoms with Gasteiger partial charge in [-0.3, -0.25) is 0 Å². The minimum absolute atomic E-state index is 0.0486. The standard InChI is InChI=1S/C15H23F2N3O/c1-2-7-18-14-12(16)10-13(17)15(19-14)20(8-4-9-21)11-5-3-6-11/h10-11,21H,2-9H2,1H3,(H,18,19). The Hall–Kier alpha value is -1.43. The summed E-state index contributed by atoms with van der Waals surface area (Å²) in [5, 5.41) is 11.9. The Balaban J connectivity index is 2.24. The molecule has 1 aromatic heterocycles. The second-order valence-electron chi connectivity index (χ2n) is 5.41. The van der Waals surface area contributed by atoms with Crippen LogP contribution >= 0.6 is 0 Å². The summed E-state index contributed by atoms with van der Waals surface area (Å²) in [6, 6.07) is 1.13. The molecule has 21 heavy (non-hydrogen) atoms. The van der Waals surface area contributed by atoms with Crippen molar-refractivity contribution in [2.45, 2.75) is 45.1 Å². The number of hydrogen-bond acceptors (Lipinski definition) is 4. The first kappa shape index (κ1) is 15.9. The first-order valence-corrected chi connectivity index (χ1v) is 7.64. The molecule has 2 rings (SSSR count). The number of hydrogen-bond donors (Lipinski definition) is 2. The topological polar surface area (TPSA) is 48.4 Å². The lowest BCUT2D eigenvalue weighted by Crippen LogP contribution is -2.42. The lowest BCUT2D eigenvalue weighted by atomic mass is 9.91. The highest BCUT2D eigenvalue weighted by Gasteiger charge is 2.28. The number of rotatable bonds is 8. The summed E-state index contributed by atoms with van der Waals surface area (Å²) < 4.78 is 27.9. The average Bonchev–Trinajstić information content (AvgIpc) is 2.41. The second-order valence-corrected chi connectivity index (χ2v) is 5.41. The molecule has 1 heterocycles. The third-order valence-electron chi connectivity index (χ3n) is 3.80. The van der Waals surface area contributed by atoms with Crippen molar-refractivity contribution in [3.63, 3.8) is 0 Å². The number of nitrogens with zero attached hydrogens (tertiary/aromatic N) is 2. The first-order valence-electron chi connectivity index (χ1n) is 7.64. The van der Waals surface area contributed by atoms with Crippen molar-refractivity contribution in [3.05, 3.63) is 17.7 Å². The Labute approximate surface area is 124 Å². The highest BCUT2D eigenvalue weighted by atomic mass is 19.1. The average molecular weight is 299 g/mol. The minimum atomic E-state index is -0.666. The Kier molecular flexibility index (Phi) is 5.73.